The van der Waals surface area contributed by atoms with Crippen LogP contribution in [-0.4, -0.2) is 54.4 Å². The number of rotatable bonds is 6. The average Bonchev–Trinajstić information content (AvgIpc) is 2.72. The Balaban J connectivity index is 1.68. The molecular formula is C21H22FN3O3S. The number of thioether (sulfide) groups is 1. The molecule has 3 rings (SSSR count). The minimum absolute atomic E-state index is 0.105. The SMILES string of the molecule is CC(=O)c1ccc(N2CCN(C(=O)c3ccccc3SCC(N)=O)CC2)c(F)c1. The van der Waals surface area contributed by atoms with Crippen LogP contribution >= 0.6 is 11.8 Å². The number of nitrogens with zero attached hydrogens (tertiary/aromatic N) is 2. The van der Waals surface area contributed by atoms with Gasteiger partial charge < -0.3 is 15.5 Å². The summed E-state index contributed by atoms with van der Waals surface area (Å²) in [6.07, 6.45) is 0. The van der Waals surface area contributed by atoms with Crippen molar-refractivity contribution < 1.29 is 18.8 Å². The molecule has 6 nitrogen and oxygen atoms in total. The van der Waals surface area contributed by atoms with Crippen molar-refractivity contribution in [2.45, 2.75) is 11.8 Å². The van der Waals surface area contributed by atoms with Crippen molar-refractivity contribution in [2.75, 3.05) is 36.8 Å². The Morgan fingerprint density at radius 1 is 1.07 bits per heavy atom. The largest absolute Gasteiger partial charge is 0.369 e. The van der Waals surface area contributed by atoms with E-state index in [9.17, 15) is 18.8 Å². The lowest BCUT2D eigenvalue weighted by molar-refractivity contribution is -0.115. The first-order valence-electron chi connectivity index (χ1n) is 9.21. The number of piperazine rings is 1. The minimum Gasteiger partial charge on any atom is -0.369 e. The molecule has 2 aromatic carbocycles. The van der Waals surface area contributed by atoms with E-state index >= 15 is 0 Å². The third-order valence-corrected chi connectivity index (χ3v) is 5.85. The topological polar surface area (TPSA) is 83.7 Å². The Morgan fingerprint density at radius 2 is 1.76 bits per heavy atom. The van der Waals surface area contributed by atoms with Crippen LogP contribution in [0.3, 0.4) is 0 Å². The molecule has 1 aliphatic heterocycles. The Bertz CT molecular complexity index is 943. The highest BCUT2D eigenvalue weighted by atomic mass is 32.2. The maximum atomic E-state index is 14.4. The number of benzene rings is 2. The van der Waals surface area contributed by atoms with E-state index in [1.54, 1.807) is 35.2 Å². The summed E-state index contributed by atoms with van der Waals surface area (Å²) in [4.78, 5) is 39.7. The lowest BCUT2D eigenvalue weighted by Gasteiger charge is -2.36. The molecule has 29 heavy (non-hydrogen) atoms. The highest BCUT2D eigenvalue weighted by molar-refractivity contribution is 8.00. The first-order chi connectivity index (χ1) is 13.9. The molecule has 0 saturated carbocycles. The van der Waals surface area contributed by atoms with Gasteiger partial charge in [0.15, 0.2) is 5.78 Å². The van der Waals surface area contributed by atoms with Gasteiger partial charge in [0.1, 0.15) is 5.82 Å². The number of anilines is 1. The van der Waals surface area contributed by atoms with Gasteiger partial charge in [-0.3, -0.25) is 14.4 Å². The van der Waals surface area contributed by atoms with Gasteiger partial charge in [0.05, 0.1) is 17.0 Å². The molecule has 0 bridgehead atoms. The van der Waals surface area contributed by atoms with Gasteiger partial charge in [0.25, 0.3) is 5.91 Å². The molecule has 1 fully saturated rings. The van der Waals surface area contributed by atoms with Gasteiger partial charge in [-0.05, 0) is 37.3 Å². The minimum atomic E-state index is -0.441. The second-order valence-corrected chi connectivity index (χ2v) is 7.77. The lowest BCUT2D eigenvalue weighted by Crippen LogP contribution is -2.49. The van der Waals surface area contributed by atoms with Crippen molar-refractivity contribution in [3.63, 3.8) is 0 Å². The molecule has 2 aromatic rings. The summed E-state index contributed by atoms with van der Waals surface area (Å²) in [6, 6.07) is 11.6. The van der Waals surface area contributed by atoms with Crippen molar-refractivity contribution in [3.8, 4) is 0 Å². The maximum absolute atomic E-state index is 14.4. The summed E-state index contributed by atoms with van der Waals surface area (Å²) < 4.78 is 14.4. The summed E-state index contributed by atoms with van der Waals surface area (Å²) in [6.45, 7) is 3.26. The Morgan fingerprint density at radius 3 is 2.38 bits per heavy atom. The molecule has 0 atom stereocenters. The van der Waals surface area contributed by atoms with Crippen molar-refractivity contribution in [1.82, 2.24) is 4.90 Å². The van der Waals surface area contributed by atoms with Crippen LogP contribution in [0.25, 0.3) is 0 Å². The molecule has 1 aliphatic rings. The van der Waals surface area contributed by atoms with E-state index in [0.29, 0.717) is 47.9 Å². The van der Waals surface area contributed by atoms with Gasteiger partial charge in [-0.15, -0.1) is 11.8 Å². The number of hydrogen-bond acceptors (Lipinski definition) is 5. The number of ketones is 1. The quantitative estimate of drug-likeness (QED) is 0.579. The van der Waals surface area contributed by atoms with Gasteiger partial charge in [0, 0.05) is 36.6 Å². The smallest absolute Gasteiger partial charge is 0.255 e. The third-order valence-electron chi connectivity index (χ3n) is 4.75. The fraction of sp³-hybridized carbons (Fsp3) is 0.286. The van der Waals surface area contributed by atoms with Crippen molar-refractivity contribution in [3.05, 3.63) is 59.4 Å². The van der Waals surface area contributed by atoms with Crippen LogP contribution in [0.4, 0.5) is 10.1 Å². The average molecular weight is 415 g/mol. The maximum Gasteiger partial charge on any atom is 0.255 e. The monoisotopic (exact) mass is 415 g/mol. The number of Topliss-reactive ketones (excluding diaryl/α,β-unsaturated/α-hetero) is 1. The molecule has 0 aliphatic carbocycles. The van der Waals surface area contributed by atoms with Crippen LogP contribution in [0.1, 0.15) is 27.6 Å². The van der Waals surface area contributed by atoms with E-state index in [4.69, 9.17) is 5.73 Å². The molecule has 152 valence electrons. The zero-order chi connectivity index (χ0) is 21.0. The number of hydrogen-bond donors (Lipinski definition) is 1. The molecular weight excluding hydrogens is 393 g/mol. The third kappa shape index (κ3) is 4.95. The first-order valence-corrected chi connectivity index (χ1v) is 10.2. The van der Waals surface area contributed by atoms with E-state index in [-0.39, 0.29) is 17.4 Å². The van der Waals surface area contributed by atoms with Gasteiger partial charge in [-0.1, -0.05) is 12.1 Å². The fourth-order valence-electron chi connectivity index (χ4n) is 3.22. The van der Waals surface area contributed by atoms with Crippen molar-refractivity contribution >= 4 is 35.0 Å². The van der Waals surface area contributed by atoms with Gasteiger partial charge in [-0.25, -0.2) is 4.39 Å². The van der Waals surface area contributed by atoms with Crippen LogP contribution < -0.4 is 10.6 Å². The number of amides is 2. The Kier molecular flexibility index (Phi) is 6.53. The van der Waals surface area contributed by atoms with Crippen LogP contribution in [0.15, 0.2) is 47.4 Å². The molecule has 8 heteroatoms. The zero-order valence-electron chi connectivity index (χ0n) is 16.1. The second kappa shape index (κ2) is 9.09. The standard InChI is InChI=1S/C21H22FN3O3S/c1-14(26)15-6-7-18(17(22)12-15)24-8-10-25(11-9-24)21(28)16-4-2-3-5-19(16)29-13-20(23)27/h2-7,12H,8-11,13H2,1H3,(H2,23,27). The Labute approximate surface area is 172 Å². The summed E-state index contributed by atoms with van der Waals surface area (Å²) in [5.41, 5.74) is 6.51. The molecule has 0 unspecified atom stereocenters. The molecule has 0 aromatic heterocycles. The highest BCUT2D eigenvalue weighted by Gasteiger charge is 2.25. The Hall–Kier alpha value is -2.87. The van der Waals surface area contributed by atoms with Gasteiger partial charge in [-0.2, -0.15) is 0 Å². The van der Waals surface area contributed by atoms with E-state index in [1.165, 1.54) is 24.8 Å². The molecule has 1 heterocycles. The summed E-state index contributed by atoms with van der Waals surface area (Å²) in [5, 5.41) is 0. The molecule has 0 spiro atoms. The van der Waals surface area contributed by atoms with Crippen LogP contribution in [-0.2, 0) is 4.79 Å². The van der Waals surface area contributed by atoms with Crippen molar-refractivity contribution in [2.24, 2.45) is 5.73 Å². The van der Waals surface area contributed by atoms with E-state index < -0.39 is 11.7 Å². The summed E-state index contributed by atoms with van der Waals surface area (Å²) >= 11 is 1.24. The predicted octanol–water partition coefficient (Wildman–Crippen LogP) is 2.57. The van der Waals surface area contributed by atoms with E-state index in [1.807, 2.05) is 11.0 Å². The van der Waals surface area contributed by atoms with Crippen LogP contribution in [0.5, 0.6) is 0 Å². The lowest BCUT2D eigenvalue weighted by atomic mass is 10.1. The number of nitrogens with two attached hydrogens (primary N) is 1. The number of primary amides is 1. The van der Waals surface area contributed by atoms with Gasteiger partial charge >= 0.3 is 0 Å². The highest BCUT2D eigenvalue weighted by Crippen LogP contribution is 2.26. The number of carbonyl (C=O) groups excluding carboxylic acids is 3. The summed E-state index contributed by atoms with van der Waals surface area (Å²) in [7, 11) is 0. The van der Waals surface area contributed by atoms with E-state index in [2.05, 4.69) is 0 Å². The summed E-state index contributed by atoms with van der Waals surface area (Å²) in [5.74, 6) is -1.08. The predicted molar refractivity (Wildman–Crippen MR) is 111 cm³/mol. The number of carbonyl (C=O) groups is 3. The van der Waals surface area contributed by atoms with E-state index in [0.717, 1.165) is 0 Å². The second-order valence-electron chi connectivity index (χ2n) is 6.75. The van der Waals surface area contributed by atoms with Gasteiger partial charge in [0.2, 0.25) is 5.91 Å². The molecule has 2 amide bonds. The molecule has 2 N–H and O–H groups in total. The fourth-order valence-corrected chi connectivity index (χ4v) is 4.00. The van der Waals surface area contributed by atoms with Crippen LogP contribution in [0.2, 0.25) is 0 Å². The molecule has 1 saturated heterocycles. The van der Waals surface area contributed by atoms with Crippen LogP contribution in [0, 0.1) is 5.82 Å². The molecule has 0 radical (unpaired) electrons. The first kappa shape index (κ1) is 20.9. The normalized spacial score (nSPS) is 14.0. The van der Waals surface area contributed by atoms with Crippen molar-refractivity contribution in [1.29, 1.82) is 0 Å². The zero-order valence-corrected chi connectivity index (χ0v) is 16.9. The number of halogens is 1.